The smallest absolute Gasteiger partial charge is 0.415 e. The number of carboxylic acids is 2. The van der Waals surface area contributed by atoms with Gasteiger partial charge < -0.3 is 46.1 Å². The molecular formula is C57H56N12O13S6. The predicted molar refractivity (Wildman–Crippen MR) is 329 cm³/mol. The summed E-state index contributed by atoms with van der Waals surface area (Å²) >= 11 is 6.98. The number of nitrogens with zero attached hydrogens (tertiary/aromatic N) is 8. The van der Waals surface area contributed by atoms with Crippen LogP contribution in [0, 0.1) is 18.8 Å². The highest BCUT2D eigenvalue weighted by Gasteiger charge is 2.39. The van der Waals surface area contributed by atoms with Crippen LogP contribution in [0.15, 0.2) is 64.0 Å². The van der Waals surface area contributed by atoms with E-state index in [1.807, 2.05) is 13.8 Å². The number of aliphatic hydroxyl groups excluding tert-OH is 1. The number of methoxy groups -OCH3 is 1. The first kappa shape index (κ1) is 62.9. The van der Waals surface area contributed by atoms with Gasteiger partial charge in [0.2, 0.25) is 11.8 Å². The van der Waals surface area contributed by atoms with Crippen molar-refractivity contribution in [2.75, 3.05) is 32.1 Å². The topological polar surface area (TPSA) is 357 Å². The molecule has 8 heterocycles. The molecule has 4 atom stereocenters. The van der Waals surface area contributed by atoms with E-state index in [1.54, 1.807) is 70.9 Å². The van der Waals surface area contributed by atoms with Crippen molar-refractivity contribution in [3.8, 4) is 43.4 Å². The quantitative estimate of drug-likeness (QED) is 0.0536. The zero-order valence-corrected chi connectivity index (χ0v) is 52.4. The van der Waals surface area contributed by atoms with Crippen LogP contribution in [0.2, 0.25) is 0 Å². The molecule has 1 saturated carbocycles. The molecule has 0 radical (unpaired) electrons. The first-order valence-electron chi connectivity index (χ1n) is 27.3. The summed E-state index contributed by atoms with van der Waals surface area (Å²) in [6, 6.07) is 9.94. The molecule has 0 saturated heterocycles. The zero-order valence-electron chi connectivity index (χ0n) is 47.5. The minimum atomic E-state index is -1.31. The third-order valence-corrected chi connectivity index (χ3v) is 20.1. The SMILES string of the molecule is CNC(=O)C[C@@H]1NC(=O)c2csc(n2)-c2ccc(-c3nc(N(CCC(=O)O)C(=O)OC4CC(C(=O)O)C4)cs3)nc2-c2csc(n2)-c2csc(n2)[C@H]([C@@H](O)c2ccccc2)NC(=O)CNC(=O)c2nc(sc2COC)C(C(C)C)CC(=O)c2nc1sc2C. The number of carbonyl (C=O) groups is 8. The highest BCUT2D eigenvalue weighted by molar-refractivity contribution is 7.15. The van der Waals surface area contributed by atoms with Crippen LogP contribution < -0.4 is 26.2 Å². The van der Waals surface area contributed by atoms with E-state index in [0.29, 0.717) is 68.0 Å². The number of aliphatic hydroxyl groups is 1. The molecular weight excluding hydrogens is 1250 g/mol. The van der Waals surface area contributed by atoms with Crippen molar-refractivity contribution >= 4 is 121 Å². The lowest BCUT2D eigenvalue weighted by molar-refractivity contribution is -0.148. The van der Waals surface area contributed by atoms with E-state index in [2.05, 4.69) is 21.3 Å². The molecule has 25 nitrogen and oxygen atoms in total. The van der Waals surface area contributed by atoms with Gasteiger partial charge in [-0.05, 0) is 43.4 Å². The fourth-order valence-corrected chi connectivity index (χ4v) is 15.2. The van der Waals surface area contributed by atoms with Gasteiger partial charge >= 0.3 is 18.0 Å². The third-order valence-electron chi connectivity index (χ3n) is 14.3. The monoisotopic (exact) mass is 1310 g/mol. The molecule has 7 aromatic heterocycles. The van der Waals surface area contributed by atoms with Crippen LogP contribution in [-0.4, -0.2) is 131 Å². The number of hydrogen-bond donors (Lipinski definition) is 7. The van der Waals surface area contributed by atoms with Gasteiger partial charge in [0.05, 0.1) is 53.5 Å². The number of hydrogen-bond acceptors (Lipinski definition) is 24. The van der Waals surface area contributed by atoms with Crippen molar-refractivity contribution in [1.82, 2.24) is 56.2 Å². The van der Waals surface area contributed by atoms with Gasteiger partial charge in [-0.15, -0.1) is 68.0 Å². The molecule has 1 aliphatic heterocycles. The van der Waals surface area contributed by atoms with Gasteiger partial charge in [0.1, 0.15) is 83.3 Å². The Morgan fingerprint density at radius 2 is 1.45 bits per heavy atom. The van der Waals surface area contributed by atoms with E-state index in [1.165, 1.54) is 36.8 Å². The molecule has 31 heteroatoms. The van der Waals surface area contributed by atoms with Crippen molar-refractivity contribution in [3.63, 3.8) is 0 Å². The molecule has 1 aliphatic carbocycles. The Labute approximate surface area is 525 Å². The van der Waals surface area contributed by atoms with Gasteiger partial charge in [-0.3, -0.25) is 38.5 Å². The molecule has 0 spiro atoms. The average molecular weight is 1310 g/mol. The minimum Gasteiger partial charge on any atom is -0.481 e. The summed E-state index contributed by atoms with van der Waals surface area (Å²) < 4.78 is 11.0. The number of fused-ring (bicyclic) bond motifs is 14. The van der Waals surface area contributed by atoms with Gasteiger partial charge in [0.15, 0.2) is 5.78 Å². The van der Waals surface area contributed by atoms with E-state index in [-0.39, 0.29) is 79.1 Å². The number of aromatic nitrogens is 7. The van der Waals surface area contributed by atoms with Crippen LogP contribution in [0.4, 0.5) is 10.6 Å². The number of aryl methyl sites for hydroxylation is 1. The molecule has 5 amide bonds. The van der Waals surface area contributed by atoms with Crippen molar-refractivity contribution < 1.29 is 63.1 Å². The van der Waals surface area contributed by atoms with Gasteiger partial charge in [0, 0.05) is 65.0 Å². The predicted octanol–water partition coefficient (Wildman–Crippen LogP) is 8.48. The maximum absolute atomic E-state index is 14.4. The summed E-state index contributed by atoms with van der Waals surface area (Å²) in [7, 11) is 2.93. The van der Waals surface area contributed by atoms with Crippen LogP contribution in [0.1, 0.15) is 132 Å². The number of Topliss-reactive ketones (excluding diaryl/α,β-unsaturated/α-hetero) is 1. The van der Waals surface area contributed by atoms with Crippen molar-refractivity contribution in [2.24, 2.45) is 11.8 Å². The van der Waals surface area contributed by atoms with E-state index in [4.69, 9.17) is 44.4 Å². The molecule has 88 heavy (non-hydrogen) atoms. The summed E-state index contributed by atoms with van der Waals surface area (Å²) in [5, 5.41) is 50.6. The Balaban J connectivity index is 1.04. The van der Waals surface area contributed by atoms with Gasteiger partial charge in [-0.25, -0.2) is 39.7 Å². The Hall–Kier alpha value is -8.17. The molecule has 7 N–H and O–H groups in total. The van der Waals surface area contributed by atoms with Crippen LogP contribution in [-0.2, 0) is 35.3 Å². The van der Waals surface area contributed by atoms with Crippen LogP contribution in [0.3, 0.4) is 0 Å². The van der Waals surface area contributed by atoms with Gasteiger partial charge in [0.25, 0.3) is 11.8 Å². The number of carbonyl (C=O) groups excluding carboxylic acids is 6. The molecule has 458 valence electrons. The number of thiazole rings is 6. The lowest BCUT2D eigenvalue weighted by Gasteiger charge is -2.33. The van der Waals surface area contributed by atoms with Crippen LogP contribution in [0.25, 0.3) is 43.4 Å². The second-order valence-corrected chi connectivity index (χ2v) is 26.6. The fourth-order valence-electron chi connectivity index (χ4n) is 9.53. The maximum Gasteiger partial charge on any atom is 0.415 e. The number of ketones is 1. The summed E-state index contributed by atoms with van der Waals surface area (Å²) in [6.45, 7) is 4.77. The number of anilines is 1. The van der Waals surface area contributed by atoms with Crippen LogP contribution >= 0.6 is 68.0 Å². The third kappa shape index (κ3) is 14.2. The number of aliphatic carboxylic acids is 2. The second kappa shape index (κ2) is 27.5. The van der Waals surface area contributed by atoms with E-state index in [0.717, 1.165) is 50.2 Å². The highest BCUT2D eigenvalue weighted by Crippen LogP contribution is 2.41. The summed E-state index contributed by atoms with van der Waals surface area (Å²) in [6.07, 6.45) is -3.39. The van der Waals surface area contributed by atoms with Crippen molar-refractivity contribution in [1.29, 1.82) is 0 Å². The number of nitrogens with one attached hydrogen (secondary N) is 4. The first-order chi connectivity index (χ1) is 42.2. The van der Waals surface area contributed by atoms with Crippen molar-refractivity contribution in [3.05, 3.63) is 111 Å². The second-order valence-electron chi connectivity index (χ2n) is 20.7. The number of pyridine rings is 1. The molecule has 1 aromatic carbocycles. The highest BCUT2D eigenvalue weighted by atomic mass is 32.1. The van der Waals surface area contributed by atoms with E-state index < -0.39 is 90.8 Å². The van der Waals surface area contributed by atoms with Crippen molar-refractivity contribution in [2.45, 2.75) is 89.7 Å². The average Bonchev–Trinajstić information content (AvgIpc) is 3.40. The maximum atomic E-state index is 14.4. The molecule has 2 aliphatic rings. The zero-order chi connectivity index (χ0) is 62.5. The van der Waals surface area contributed by atoms with Crippen LogP contribution in [0.5, 0.6) is 0 Å². The van der Waals surface area contributed by atoms with E-state index in [9.17, 15) is 53.7 Å². The summed E-state index contributed by atoms with van der Waals surface area (Å²) in [4.78, 5) is 143. The molecule has 10 bridgehead atoms. The Bertz CT molecular complexity index is 3940. The summed E-state index contributed by atoms with van der Waals surface area (Å²) in [5.74, 6) is -6.14. The largest absolute Gasteiger partial charge is 0.481 e. The van der Waals surface area contributed by atoms with Gasteiger partial charge in [-0.2, -0.15) is 0 Å². The molecule has 10 rings (SSSR count). The van der Waals surface area contributed by atoms with E-state index >= 15 is 0 Å². The Morgan fingerprint density at radius 3 is 2.18 bits per heavy atom. The van der Waals surface area contributed by atoms with Gasteiger partial charge in [-0.1, -0.05) is 44.2 Å². The Kier molecular flexibility index (Phi) is 19.6. The standard InChI is InChI=1S/C57H56N12O13S6/c1-25(2)31-17-37(70)43-26(3)87-54(67-43)33(18-40(71)58-4)61-48(76)35-22-83-50(63-35)30-11-12-32(52-65-39(24-86-52)69(14-13-42(73)74)57(80)82-29-15-28(16-29)56(78)79)60-44(30)34-21-84-53(62-34)36-23-85-55(64-36)46(47(75)27-9-7-6-8-10-27)66-41(72)19-59-49(77)45-38(20-81-5)88-51(31)68-45/h6-12,21-25,28-29,31,33,46-47,75H,13-20H2,1-5H3,(H,58,71)(H,59,77)(H,61,76)(H,66,72)(H,73,74)(H,78,79)/t28?,29?,31?,33-,46-,47-/m0/s1. The number of rotatable bonds is 14. The Morgan fingerprint density at radius 1 is 0.750 bits per heavy atom. The molecule has 1 unspecified atom stereocenters. The normalized spacial score (nSPS) is 18.5. The first-order valence-corrected chi connectivity index (χ1v) is 32.5. The number of ether oxygens (including phenoxy) is 2. The lowest BCUT2D eigenvalue weighted by atomic mass is 9.82. The molecule has 8 aromatic rings. The molecule has 1 fully saturated rings. The number of amides is 5. The fraction of sp³-hybridized carbons (Fsp3) is 0.351. The lowest BCUT2D eigenvalue weighted by Crippen LogP contribution is -2.42. The summed E-state index contributed by atoms with van der Waals surface area (Å²) in [5.41, 5.74) is 2.36. The number of benzene rings is 1. The minimum absolute atomic E-state index is 0.0109. The number of carboxylic acid groups (broad SMARTS) is 2.